The molecule has 0 spiro atoms. The van der Waals surface area contributed by atoms with E-state index >= 15 is 0 Å². The third kappa shape index (κ3) is 2.75. The van der Waals surface area contributed by atoms with Gasteiger partial charge in [-0.05, 0) is 25.0 Å². The molecule has 1 aliphatic rings. The third-order valence-electron chi connectivity index (χ3n) is 3.53. The van der Waals surface area contributed by atoms with Gasteiger partial charge in [-0.1, -0.05) is 30.3 Å². The Hall–Kier alpha value is -2.07. The summed E-state index contributed by atoms with van der Waals surface area (Å²) < 4.78 is 6.81. The molecule has 1 fully saturated rings. The van der Waals surface area contributed by atoms with Gasteiger partial charge in [0.05, 0.1) is 11.6 Å². The summed E-state index contributed by atoms with van der Waals surface area (Å²) in [5.41, 5.74) is 1.91. The van der Waals surface area contributed by atoms with E-state index in [1.807, 2.05) is 42.5 Å². The standard InChI is InChI=1S/C16H17NO3/c18-16(14-8-11-19-12-9-14)20-17-10-4-7-15(17)13-5-2-1-3-6-13/h1-7,10,14H,8-9,11-12H2. The predicted octanol–water partition coefficient (Wildman–Crippen LogP) is 2.54. The Labute approximate surface area is 117 Å². The SMILES string of the molecule is O=C(On1cccc1-c1ccccc1)C1CCOCC1. The minimum atomic E-state index is -0.179. The van der Waals surface area contributed by atoms with E-state index in [-0.39, 0.29) is 11.9 Å². The summed E-state index contributed by atoms with van der Waals surface area (Å²) >= 11 is 0. The third-order valence-corrected chi connectivity index (χ3v) is 3.53. The van der Waals surface area contributed by atoms with E-state index in [9.17, 15) is 4.79 Å². The lowest BCUT2D eigenvalue weighted by molar-refractivity contribution is -0.151. The maximum Gasteiger partial charge on any atom is 0.336 e. The number of ether oxygens (including phenoxy) is 1. The molecule has 1 saturated heterocycles. The Morgan fingerprint density at radius 2 is 1.85 bits per heavy atom. The van der Waals surface area contributed by atoms with E-state index in [0.29, 0.717) is 13.2 Å². The molecule has 2 aromatic rings. The van der Waals surface area contributed by atoms with Crippen LogP contribution in [0.25, 0.3) is 11.3 Å². The van der Waals surface area contributed by atoms with Crippen molar-refractivity contribution >= 4 is 5.97 Å². The van der Waals surface area contributed by atoms with E-state index in [2.05, 4.69) is 0 Å². The Kier molecular flexibility index (Phi) is 3.83. The number of carbonyl (C=O) groups is 1. The fourth-order valence-electron chi connectivity index (χ4n) is 2.38. The van der Waals surface area contributed by atoms with Crippen LogP contribution in [-0.4, -0.2) is 23.9 Å². The average molecular weight is 271 g/mol. The molecule has 0 unspecified atom stereocenters. The molecule has 104 valence electrons. The van der Waals surface area contributed by atoms with Crippen molar-refractivity contribution in [2.75, 3.05) is 13.2 Å². The Balaban J connectivity index is 1.75. The normalized spacial score (nSPS) is 16.0. The van der Waals surface area contributed by atoms with Gasteiger partial charge in [0.1, 0.15) is 0 Å². The number of rotatable bonds is 3. The van der Waals surface area contributed by atoms with Crippen LogP contribution in [-0.2, 0) is 9.53 Å². The molecule has 1 aliphatic heterocycles. The molecular formula is C16H17NO3. The highest BCUT2D eigenvalue weighted by atomic mass is 16.7. The maximum atomic E-state index is 12.2. The summed E-state index contributed by atoms with van der Waals surface area (Å²) in [5.74, 6) is -0.239. The summed E-state index contributed by atoms with van der Waals surface area (Å²) in [7, 11) is 0. The number of nitrogens with zero attached hydrogens (tertiary/aromatic N) is 1. The minimum absolute atomic E-state index is 0.0604. The summed E-state index contributed by atoms with van der Waals surface area (Å²) in [6.45, 7) is 1.27. The summed E-state index contributed by atoms with van der Waals surface area (Å²) in [5, 5.41) is 0. The van der Waals surface area contributed by atoms with Crippen LogP contribution in [0.3, 0.4) is 0 Å². The highest BCUT2D eigenvalue weighted by molar-refractivity contribution is 5.73. The van der Waals surface area contributed by atoms with E-state index in [1.165, 1.54) is 0 Å². The molecule has 0 aliphatic carbocycles. The smallest absolute Gasteiger partial charge is 0.336 e. The van der Waals surface area contributed by atoms with Gasteiger partial charge >= 0.3 is 5.97 Å². The van der Waals surface area contributed by atoms with Crippen molar-refractivity contribution < 1.29 is 14.4 Å². The lowest BCUT2D eigenvalue weighted by Crippen LogP contribution is -2.31. The van der Waals surface area contributed by atoms with Gasteiger partial charge < -0.3 is 9.57 Å². The van der Waals surface area contributed by atoms with E-state index in [1.54, 1.807) is 10.9 Å². The molecule has 0 saturated carbocycles. The molecular weight excluding hydrogens is 254 g/mol. The molecule has 0 bridgehead atoms. The lowest BCUT2D eigenvalue weighted by Gasteiger charge is -2.20. The second kappa shape index (κ2) is 5.92. The minimum Gasteiger partial charge on any atom is -0.381 e. The Morgan fingerprint density at radius 3 is 2.60 bits per heavy atom. The molecule has 20 heavy (non-hydrogen) atoms. The van der Waals surface area contributed by atoms with Crippen molar-refractivity contribution in [3.63, 3.8) is 0 Å². The van der Waals surface area contributed by atoms with Crippen LogP contribution in [0.2, 0.25) is 0 Å². The zero-order chi connectivity index (χ0) is 13.8. The first-order chi connectivity index (χ1) is 9.84. The van der Waals surface area contributed by atoms with Crippen LogP contribution in [0.5, 0.6) is 0 Å². The Morgan fingerprint density at radius 1 is 1.10 bits per heavy atom. The lowest BCUT2D eigenvalue weighted by atomic mass is 10.0. The highest BCUT2D eigenvalue weighted by Gasteiger charge is 2.24. The summed E-state index contributed by atoms with van der Waals surface area (Å²) in [6.07, 6.45) is 3.24. The monoisotopic (exact) mass is 271 g/mol. The quantitative estimate of drug-likeness (QED) is 0.861. The van der Waals surface area contributed by atoms with Gasteiger partial charge in [-0.2, -0.15) is 4.73 Å². The fraction of sp³-hybridized carbons (Fsp3) is 0.312. The van der Waals surface area contributed by atoms with E-state index in [4.69, 9.17) is 9.57 Å². The fourth-order valence-corrected chi connectivity index (χ4v) is 2.38. The van der Waals surface area contributed by atoms with Gasteiger partial charge in [0.2, 0.25) is 0 Å². The van der Waals surface area contributed by atoms with E-state index < -0.39 is 0 Å². The second-order valence-electron chi connectivity index (χ2n) is 4.88. The zero-order valence-corrected chi connectivity index (χ0v) is 11.2. The predicted molar refractivity (Wildman–Crippen MR) is 75.0 cm³/mol. The first-order valence-corrected chi connectivity index (χ1v) is 6.87. The van der Waals surface area contributed by atoms with Gasteiger partial charge in [-0.3, -0.25) is 0 Å². The van der Waals surface area contributed by atoms with Crippen molar-refractivity contribution in [1.82, 2.24) is 4.73 Å². The van der Waals surface area contributed by atoms with E-state index in [0.717, 1.165) is 24.1 Å². The zero-order valence-electron chi connectivity index (χ0n) is 11.2. The number of hydrogen-bond acceptors (Lipinski definition) is 3. The van der Waals surface area contributed by atoms with Crippen LogP contribution >= 0.6 is 0 Å². The van der Waals surface area contributed by atoms with Crippen molar-refractivity contribution in [3.05, 3.63) is 48.7 Å². The van der Waals surface area contributed by atoms with Crippen LogP contribution in [0.15, 0.2) is 48.7 Å². The van der Waals surface area contributed by atoms with Crippen LogP contribution in [0.1, 0.15) is 12.8 Å². The van der Waals surface area contributed by atoms with Gasteiger partial charge in [-0.25, -0.2) is 4.79 Å². The van der Waals surface area contributed by atoms with Crippen LogP contribution < -0.4 is 4.84 Å². The molecule has 0 N–H and O–H groups in total. The van der Waals surface area contributed by atoms with Crippen molar-refractivity contribution in [2.24, 2.45) is 5.92 Å². The molecule has 4 nitrogen and oxygen atoms in total. The largest absolute Gasteiger partial charge is 0.381 e. The molecule has 0 amide bonds. The number of aromatic nitrogens is 1. The van der Waals surface area contributed by atoms with Crippen LogP contribution in [0, 0.1) is 5.92 Å². The first-order valence-electron chi connectivity index (χ1n) is 6.87. The van der Waals surface area contributed by atoms with Gasteiger partial charge in [0, 0.05) is 25.0 Å². The van der Waals surface area contributed by atoms with Crippen molar-refractivity contribution in [1.29, 1.82) is 0 Å². The second-order valence-corrected chi connectivity index (χ2v) is 4.88. The summed E-state index contributed by atoms with van der Waals surface area (Å²) in [6, 6.07) is 13.7. The van der Waals surface area contributed by atoms with Gasteiger partial charge in [-0.15, -0.1) is 0 Å². The molecule has 0 radical (unpaired) electrons. The number of benzene rings is 1. The van der Waals surface area contributed by atoms with Crippen molar-refractivity contribution in [2.45, 2.75) is 12.8 Å². The van der Waals surface area contributed by atoms with Crippen LogP contribution in [0.4, 0.5) is 0 Å². The average Bonchev–Trinajstić information content (AvgIpc) is 2.97. The van der Waals surface area contributed by atoms with Crippen molar-refractivity contribution in [3.8, 4) is 11.3 Å². The molecule has 4 heteroatoms. The number of hydrogen-bond donors (Lipinski definition) is 0. The number of carbonyl (C=O) groups excluding carboxylic acids is 1. The summed E-state index contributed by atoms with van der Waals surface area (Å²) in [4.78, 5) is 17.7. The molecule has 1 aromatic heterocycles. The van der Waals surface area contributed by atoms with Gasteiger partial charge in [0.25, 0.3) is 0 Å². The van der Waals surface area contributed by atoms with Gasteiger partial charge in [0.15, 0.2) is 0 Å². The Bertz CT molecular complexity index is 570. The highest BCUT2D eigenvalue weighted by Crippen LogP contribution is 2.20. The molecule has 0 atom stereocenters. The molecule has 3 rings (SSSR count). The topological polar surface area (TPSA) is 40.5 Å². The molecule has 1 aromatic carbocycles. The first kappa shape index (κ1) is 12.9. The maximum absolute atomic E-state index is 12.2. The molecule has 2 heterocycles.